The Kier molecular flexibility index (Phi) is 3.26. The molecule has 3 rings (SSSR count). The molecule has 0 atom stereocenters. The minimum absolute atomic E-state index is 0.215. The lowest BCUT2D eigenvalue weighted by Gasteiger charge is -2.05. The van der Waals surface area contributed by atoms with Crippen molar-refractivity contribution in [2.75, 3.05) is 11.1 Å². The van der Waals surface area contributed by atoms with E-state index in [2.05, 4.69) is 10.3 Å². The summed E-state index contributed by atoms with van der Waals surface area (Å²) < 4.78 is 26.7. The molecule has 0 unspecified atom stereocenters. The number of aromatic nitrogens is 1. The molecule has 2 heterocycles. The minimum atomic E-state index is -1.11. The molecule has 106 valence electrons. The van der Waals surface area contributed by atoms with Gasteiger partial charge in [-0.1, -0.05) is 6.07 Å². The van der Waals surface area contributed by atoms with Crippen LogP contribution >= 0.6 is 11.3 Å². The Hall–Kier alpha value is -2.54. The molecular formula is C14H9F2N3OS. The summed E-state index contributed by atoms with van der Waals surface area (Å²) in [6.07, 6.45) is 1.59. The molecule has 4 nitrogen and oxygen atoms in total. The average Bonchev–Trinajstić information content (AvgIpc) is 2.82. The molecule has 0 fully saturated rings. The number of halogens is 2. The molecule has 0 saturated carbocycles. The van der Waals surface area contributed by atoms with Gasteiger partial charge in [-0.2, -0.15) is 0 Å². The number of carbonyl (C=O) groups is 1. The van der Waals surface area contributed by atoms with Gasteiger partial charge >= 0.3 is 0 Å². The van der Waals surface area contributed by atoms with Gasteiger partial charge in [0.25, 0.3) is 5.91 Å². The Morgan fingerprint density at radius 2 is 2.05 bits per heavy atom. The molecule has 1 aromatic carbocycles. The Morgan fingerprint density at radius 1 is 1.24 bits per heavy atom. The van der Waals surface area contributed by atoms with E-state index in [4.69, 9.17) is 5.73 Å². The number of hydrogen-bond acceptors (Lipinski definition) is 4. The summed E-state index contributed by atoms with van der Waals surface area (Å²) >= 11 is 1.10. The molecule has 3 aromatic rings. The highest BCUT2D eigenvalue weighted by molar-refractivity contribution is 7.21. The van der Waals surface area contributed by atoms with E-state index in [1.807, 2.05) is 0 Å². The Balaban J connectivity index is 1.97. The quantitative estimate of drug-likeness (QED) is 0.762. The fraction of sp³-hybridized carbons (Fsp3) is 0. The third-order valence-electron chi connectivity index (χ3n) is 2.91. The summed E-state index contributed by atoms with van der Waals surface area (Å²) in [5.41, 5.74) is 5.95. The summed E-state index contributed by atoms with van der Waals surface area (Å²) in [5.74, 6) is -2.73. The van der Waals surface area contributed by atoms with Crippen molar-refractivity contribution in [1.29, 1.82) is 0 Å². The fourth-order valence-electron chi connectivity index (χ4n) is 1.90. The van der Waals surface area contributed by atoms with Crippen LogP contribution in [0.3, 0.4) is 0 Å². The molecule has 0 radical (unpaired) electrons. The Morgan fingerprint density at radius 3 is 2.81 bits per heavy atom. The highest BCUT2D eigenvalue weighted by Crippen LogP contribution is 2.32. The number of carbonyl (C=O) groups excluding carboxylic acids is 1. The number of pyridine rings is 1. The highest BCUT2D eigenvalue weighted by Gasteiger charge is 2.18. The minimum Gasteiger partial charge on any atom is -0.397 e. The molecule has 0 saturated heterocycles. The van der Waals surface area contributed by atoms with Crippen molar-refractivity contribution >= 4 is 38.8 Å². The fourth-order valence-corrected chi connectivity index (χ4v) is 2.86. The molecule has 0 spiro atoms. The lowest BCUT2D eigenvalue weighted by atomic mass is 10.2. The SMILES string of the molecule is Nc1c(C(=O)Nc2cccc(F)c2F)sc2ncccc12. The van der Waals surface area contributed by atoms with Crippen molar-refractivity contribution in [2.45, 2.75) is 0 Å². The summed E-state index contributed by atoms with van der Waals surface area (Å²) in [6, 6.07) is 7.01. The number of nitrogens with two attached hydrogens (primary N) is 1. The van der Waals surface area contributed by atoms with Gasteiger partial charge in [-0.25, -0.2) is 13.8 Å². The zero-order chi connectivity index (χ0) is 15.0. The maximum Gasteiger partial charge on any atom is 0.268 e. The smallest absolute Gasteiger partial charge is 0.268 e. The number of nitrogens with zero attached hydrogens (tertiary/aromatic N) is 1. The first-order valence-electron chi connectivity index (χ1n) is 5.96. The van der Waals surface area contributed by atoms with Crippen LogP contribution < -0.4 is 11.1 Å². The topological polar surface area (TPSA) is 68.0 Å². The van der Waals surface area contributed by atoms with Gasteiger partial charge in [0, 0.05) is 11.6 Å². The lowest BCUT2D eigenvalue weighted by molar-refractivity contribution is 0.103. The molecule has 7 heteroatoms. The van der Waals surface area contributed by atoms with E-state index in [0.717, 1.165) is 17.4 Å². The molecule has 3 N–H and O–H groups in total. The van der Waals surface area contributed by atoms with Gasteiger partial charge in [0.05, 0.1) is 11.4 Å². The van der Waals surface area contributed by atoms with Crippen molar-refractivity contribution in [1.82, 2.24) is 4.98 Å². The van der Waals surface area contributed by atoms with E-state index < -0.39 is 17.5 Å². The normalized spacial score (nSPS) is 10.8. The molecular weight excluding hydrogens is 296 g/mol. The standard InChI is InChI=1S/C14H9F2N3OS/c15-8-4-1-5-9(10(8)16)19-13(20)12-11(17)7-3-2-6-18-14(7)21-12/h1-6H,17H2,(H,19,20). The predicted octanol–water partition coefficient (Wildman–Crippen LogP) is 3.41. The molecule has 0 aliphatic heterocycles. The van der Waals surface area contributed by atoms with Crippen molar-refractivity contribution < 1.29 is 13.6 Å². The van der Waals surface area contributed by atoms with Crippen molar-refractivity contribution in [2.24, 2.45) is 0 Å². The average molecular weight is 305 g/mol. The molecule has 2 aromatic heterocycles. The van der Waals surface area contributed by atoms with Crippen LogP contribution in [0.2, 0.25) is 0 Å². The number of benzene rings is 1. The van der Waals surface area contributed by atoms with Gasteiger partial charge in [0.2, 0.25) is 0 Å². The molecule has 0 bridgehead atoms. The van der Waals surface area contributed by atoms with E-state index in [0.29, 0.717) is 10.2 Å². The maximum atomic E-state index is 13.6. The van der Waals surface area contributed by atoms with Crippen LogP contribution in [-0.4, -0.2) is 10.9 Å². The monoisotopic (exact) mass is 305 g/mol. The third kappa shape index (κ3) is 2.31. The Labute approximate surface area is 122 Å². The van der Waals surface area contributed by atoms with Crippen LogP contribution in [0.25, 0.3) is 10.2 Å². The van der Waals surface area contributed by atoms with E-state index in [9.17, 15) is 13.6 Å². The van der Waals surface area contributed by atoms with Crippen molar-refractivity contribution in [3.05, 3.63) is 53.0 Å². The van der Waals surface area contributed by atoms with Crippen LogP contribution in [0.5, 0.6) is 0 Å². The lowest BCUT2D eigenvalue weighted by Crippen LogP contribution is -2.13. The Bertz CT molecular complexity index is 847. The van der Waals surface area contributed by atoms with Gasteiger partial charge in [-0.05, 0) is 24.3 Å². The number of fused-ring (bicyclic) bond motifs is 1. The zero-order valence-electron chi connectivity index (χ0n) is 10.6. The molecule has 1 amide bonds. The van der Waals surface area contributed by atoms with E-state index in [-0.39, 0.29) is 16.3 Å². The van der Waals surface area contributed by atoms with Crippen LogP contribution in [0, 0.1) is 11.6 Å². The largest absolute Gasteiger partial charge is 0.397 e. The number of hydrogen-bond donors (Lipinski definition) is 2. The number of rotatable bonds is 2. The predicted molar refractivity (Wildman–Crippen MR) is 78.3 cm³/mol. The second kappa shape index (κ2) is 5.10. The van der Waals surface area contributed by atoms with Crippen LogP contribution in [0.15, 0.2) is 36.5 Å². The first-order chi connectivity index (χ1) is 10.1. The first kappa shape index (κ1) is 13.4. The van der Waals surface area contributed by atoms with Gasteiger partial charge in [-0.15, -0.1) is 11.3 Å². The van der Waals surface area contributed by atoms with Gasteiger partial charge < -0.3 is 11.1 Å². The number of nitrogen functional groups attached to an aromatic ring is 1. The summed E-state index contributed by atoms with van der Waals surface area (Å²) in [7, 11) is 0. The maximum absolute atomic E-state index is 13.6. The van der Waals surface area contributed by atoms with Crippen molar-refractivity contribution in [3.63, 3.8) is 0 Å². The van der Waals surface area contributed by atoms with Gasteiger partial charge in [0.15, 0.2) is 11.6 Å². The van der Waals surface area contributed by atoms with Crippen LogP contribution in [-0.2, 0) is 0 Å². The van der Waals surface area contributed by atoms with Gasteiger partial charge in [-0.3, -0.25) is 4.79 Å². The zero-order valence-corrected chi connectivity index (χ0v) is 11.4. The van der Waals surface area contributed by atoms with Crippen LogP contribution in [0.1, 0.15) is 9.67 Å². The summed E-state index contributed by atoms with van der Waals surface area (Å²) in [4.78, 5) is 17.1. The number of anilines is 2. The van der Waals surface area contributed by atoms with E-state index in [1.54, 1.807) is 18.3 Å². The van der Waals surface area contributed by atoms with E-state index >= 15 is 0 Å². The molecule has 0 aliphatic carbocycles. The second-order valence-electron chi connectivity index (χ2n) is 4.26. The number of thiophene rings is 1. The van der Waals surface area contributed by atoms with Crippen molar-refractivity contribution in [3.8, 4) is 0 Å². The number of amides is 1. The highest BCUT2D eigenvalue weighted by atomic mass is 32.1. The van der Waals surface area contributed by atoms with E-state index in [1.165, 1.54) is 12.1 Å². The molecule has 21 heavy (non-hydrogen) atoms. The third-order valence-corrected chi connectivity index (χ3v) is 4.04. The van der Waals surface area contributed by atoms with Gasteiger partial charge in [0.1, 0.15) is 9.71 Å². The molecule has 0 aliphatic rings. The number of nitrogens with one attached hydrogen (secondary N) is 1. The van der Waals surface area contributed by atoms with Crippen LogP contribution in [0.4, 0.5) is 20.2 Å². The summed E-state index contributed by atoms with van der Waals surface area (Å²) in [6.45, 7) is 0. The first-order valence-corrected chi connectivity index (χ1v) is 6.78. The second-order valence-corrected chi connectivity index (χ2v) is 5.26. The summed E-state index contributed by atoms with van der Waals surface area (Å²) in [5, 5.41) is 2.98.